The lowest BCUT2D eigenvalue weighted by molar-refractivity contribution is -0.118. The maximum Gasteiger partial charge on any atom is 0.264 e. The molecule has 0 aliphatic rings. The number of anilines is 1. The van der Waals surface area contributed by atoms with Gasteiger partial charge in [0.1, 0.15) is 22.3 Å². The number of ether oxygens (including phenoxy) is 3. The Balaban J connectivity index is 1.55. The van der Waals surface area contributed by atoms with E-state index in [9.17, 15) is 4.79 Å². The number of hydrogen-bond donors (Lipinski definition) is 1. The molecule has 0 spiro atoms. The van der Waals surface area contributed by atoms with E-state index in [1.807, 2.05) is 24.3 Å². The first-order chi connectivity index (χ1) is 13.7. The van der Waals surface area contributed by atoms with E-state index >= 15 is 0 Å². The van der Waals surface area contributed by atoms with E-state index in [1.54, 1.807) is 31.4 Å². The van der Waals surface area contributed by atoms with Crippen LogP contribution in [-0.4, -0.2) is 36.4 Å². The van der Waals surface area contributed by atoms with Crippen LogP contribution in [0.1, 0.15) is 13.3 Å². The van der Waals surface area contributed by atoms with Crippen molar-refractivity contribution in [1.82, 2.24) is 10.2 Å². The smallest absolute Gasteiger partial charge is 0.264 e. The van der Waals surface area contributed by atoms with Gasteiger partial charge in [-0.2, -0.15) is 0 Å². The van der Waals surface area contributed by atoms with Gasteiger partial charge in [-0.05, 0) is 42.8 Å². The molecular weight excluding hydrogens is 378 g/mol. The molecule has 1 N–H and O–H groups in total. The number of nitrogens with one attached hydrogen (secondary N) is 1. The van der Waals surface area contributed by atoms with E-state index in [4.69, 9.17) is 14.2 Å². The van der Waals surface area contributed by atoms with Crippen molar-refractivity contribution < 1.29 is 19.0 Å². The molecular formula is C20H21N3O4S. The van der Waals surface area contributed by atoms with Crippen LogP contribution in [0.25, 0.3) is 10.6 Å². The zero-order valence-corrected chi connectivity index (χ0v) is 16.5. The van der Waals surface area contributed by atoms with E-state index in [1.165, 1.54) is 11.3 Å². The average Bonchev–Trinajstić information content (AvgIpc) is 3.20. The molecule has 0 bridgehead atoms. The number of carbonyl (C=O) groups is 1. The SMILES string of the molecule is CCCOc1cccc(-c2nnc(NC(=O)COc3ccc(OC)cc3)s2)c1. The highest BCUT2D eigenvalue weighted by molar-refractivity contribution is 7.18. The second kappa shape index (κ2) is 9.70. The molecule has 0 unspecified atom stereocenters. The molecule has 1 amide bonds. The van der Waals surface area contributed by atoms with Crippen molar-refractivity contribution in [2.24, 2.45) is 0 Å². The van der Waals surface area contributed by atoms with Gasteiger partial charge in [0.15, 0.2) is 6.61 Å². The van der Waals surface area contributed by atoms with Crippen molar-refractivity contribution >= 4 is 22.4 Å². The number of benzene rings is 2. The fourth-order valence-corrected chi connectivity index (χ4v) is 3.06. The molecule has 28 heavy (non-hydrogen) atoms. The highest BCUT2D eigenvalue weighted by atomic mass is 32.1. The minimum Gasteiger partial charge on any atom is -0.497 e. The largest absolute Gasteiger partial charge is 0.497 e. The zero-order valence-electron chi connectivity index (χ0n) is 15.7. The van der Waals surface area contributed by atoms with E-state index in [0.717, 1.165) is 23.5 Å². The van der Waals surface area contributed by atoms with Gasteiger partial charge >= 0.3 is 0 Å². The van der Waals surface area contributed by atoms with Crippen LogP contribution in [0.4, 0.5) is 5.13 Å². The first-order valence-corrected chi connectivity index (χ1v) is 9.63. The highest BCUT2D eigenvalue weighted by Crippen LogP contribution is 2.29. The zero-order chi connectivity index (χ0) is 19.8. The van der Waals surface area contributed by atoms with Crippen LogP contribution < -0.4 is 19.5 Å². The first kappa shape index (κ1) is 19.6. The fourth-order valence-electron chi connectivity index (χ4n) is 2.31. The van der Waals surface area contributed by atoms with Crippen molar-refractivity contribution in [2.75, 3.05) is 25.6 Å². The van der Waals surface area contributed by atoms with Crippen molar-refractivity contribution in [3.63, 3.8) is 0 Å². The Morgan fingerprint density at radius 1 is 1.04 bits per heavy atom. The maximum absolute atomic E-state index is 12.1. The van der Waals surface area contributed by atoms with Crippen LogP contribution in [-0.2, 0) is 4.79 Å². The molecule has 0 saturated heterocycles. The van der Waals surface area contributed by atoms with Crippen LogP contribution in [0.5, 0.6) is 17.2 Å². The lowest BCUT2D eigenvalue weighted by atomic mass is 10.2. The fraction of sp³-hybridized carbons (Fsp3) is 0.250. The minimum absolute atomic E-state index is 0.123. The predicted octanol–water partition coefficient (Wildman–Crippen LogP) is 4.02. The Hall–Kier alpha value is -3.13. The molecule has 3 rings (SSSR count). The van der Waals surface area contributed by atoms with Gasteiger partial charge in [-0.1, -0.05) is 30.4 Å². The standard InChI is InChI=1S/C20H21N3O4S/c1-3-11-26-17-6-4-5-14(12-17)19-22-23-20(28-19)21-18(24)13-27-16-9-7-15(25-2)8-10-16/h4-10,12H,3,11,13H2,1-2H3,(H,21,23,24). The second-order valence-corrected chi connectivity index (χ2v) is 6.78. The normalized spacial score (nSPS) is 10.4. The van der Waals surface area contributed by atoms with Crippen molar-refractivity contribution in [3.05, 3.63) is 48.5 Å². The summed E-state index contributed by atoms with van der Waals surface area (Å²) in [5, 5.41) is 12.0. The molecule has 0 saturated carbocycles. The average molecular weight is 399 g/mol. The number of aromatic nitrogens is 2. The van der Waals surface area contributed by atoms with E-state index < -0.39 is 0 Å². The van der Waals surface area contributed by atoms with Crippen molar-refractivity contribution in [1.29, 1.82) is 0 Å². The van der Waals surface area contributed by atoms with Crippen molar-refractivity contribution in [3.8, 4) is 27.8 Å². The third-order valence-corrected chi connectivity index (χ3v) is 4.54. The Bertz CT molecular complexity index is 912. The molecule has 8 heteroatoms. The summed E-state index contributed by atoms with van der Waals surface area (Å²) in [5.74, 6) is 1.78. The van der Waals surface area contributed by atoms with Gasteiger partial charge in [-0.25, -0.2) is 0 Å². The maximum atomic E-state index is 12.1. The summed E-state index contributed by atoms with van der Waals surface area (Å²) in [5.41, 5.74) is 0.890. The predicted molar refractivity (Wildman–Crippen MR) is 108 cm³/mol. The molecule has 1 aromatic heterocycles. The summed E-state index contributed by atoms with van der Waals surface area (Å²) in [4.78, 5) is 12.1. The quantitative estimate of drug-likeness (QED) is 0.585. The third-order valence-electron chi connectivity index (χ3n) is 3.65. The molecule has 0 atom stereocenters. The lowest BCUT2D eigenvalue weighted by Crippen LogP contribution is -2.20. The number of carbonyl (C=O) groups excluding carboxylic acids is 1. The number of nitrogens with zero attached hydrogens (tertiary/aromatic N) is 2. The van der Waals surface area contributed by atoms with E-state index in [0.29, 0.717) is 22.5 Å². The van der Waals surface area contributed by atoms with Gasteiger partial charge in [-0.3, -0.25) is 10.1 Å². The summed E-state index contributed by atoms with van der Waals surface area (Å²) in [6.07, 6.45) is 0.942. The number of rotatable bonds is 9. The summed E-state index contributed by atoms with van der Waals surface area (Å²) < 4.78 is 16.2. The van der Waals surface area contributed by atoms with Gasteiger partial charge in [0.25, 0.3) is 5.91 Å². The second-order valence-electron chi connectivity index (χ2n) is 5.80. The molecule has 0 aliphatic carbocycles. The van der Waals surface area contributed by atoms with E-state index in [-0.39, 0.29) is 12.5 Å². The highest BCUT2D eigenvalue weighted by Gasteiger charge is 2.11. The van der Waals surface area contributed by atoms with E-state index in [2.05, 4.69) is 22.4 Å². The number of amides is 1. The Morgan fingerprint density at radius 2 is 1.82 bits per heavy atom. The van der Waals surface area contributed by atoms with Crippen LogP contribution >= 0.6 is 11.3 Å². The van der Waals surface area contributed by atoms with Gasteiger partial charge in [0.2, 0.25) is 5.13 Å². The molecule has 1 heterocycles. The van der Waals surface area contributed by atoms with Gasteiger partial charge in [0.05, 0.1) is 13.7 Å². The summed E-state index contributed by atoms with van der Waals surface area (Å²) in [6, 6.07) is 14.7. The Labute approximate surface area is 167 Å². The molecule has 3 aromatic rings. The van der Waals surface area contributed by atoms with Gasteiger partial charge in [0, 0.05) is 5.56 Å². The van der Waals surface area contributed by atoms with Crippen LogP contribution in [0, 0.1) is 0 Å². The van der Waals surface area contributed by atoms with Crippen LogP contribution in [0.3, 0.4) is 0 Å². The summed E-state index contributed by atoms with van der Waals surface area (Å²) >= 11 is 1.29. The minimum atomic E-state index is -0.307. The molecule has 0 aliphatic heterocycles. The molecule has 146 valence electrons. The van der Waals surface area contributed by atoms with Crippen LogP contribution in [0.2, 0.25) is 0 Å². The summed E-state index contributed by atoms with van der Waals surface area (Å²) in [6.45, 7) is 2.60. The van der Waals surface area contributed by atoms with Gasteiger partial charge < -0.3 is 14.2 Å². The molecule has 7 nitrogen and oxygen atoms in total. The Kier molecular flexibility index (Phi) is 6.80. The number of methoxy groups -OCH3 is 1. The van der Waals surface area contributed by atoms with Gasteiger partial charge in [-0.15, -0.1) is 10.2 Å². The Morgan fingerprint density at radius 3 is 2.57 bits per heavy atom. The van der Waals surface area contributed by atoms with Crippen LogP contribution in [0.15, 0.2) is 48.5 Å². The molecule has 2 aromatic carbocycles. The molecule has 0 radical (unpaired) electrons. The monoisotopic (exact) mass is 399 g/mol. The topological polar surface area (TPSA) is 82.6 Å². The first-order valence-electron chi connectivity index (χ1n) is 8.81. The lowest BCUT2D eigenvalue weighted by Gasteiger charge is -2.06. The van der Waals surface area contributed by atoms with Crippen molar-refractivity contribution in [2.45, 2.75) is 13.3 Å². The number of hydrogen-bond acceptors (Lipinski definition) is 7. The summed E-state index contributed by atoms with van der Waals surface area (Å²) in [7, 11) is 1.59. The molecule has 0 fully saturated rings. The third kappa shape index (κ3) is 5.43.